The van der Waals surface area contributed by atoms with Gasteiger partial charge in [0.25, 0.3) is 0 Å². The fourth-order valence-corrected chi connectivity index (χ4v) is 3.55. The molecule has 3 rings (SSSR count). The van der Waals surface area contributed by atoms with Gasteiger partial charge in [-0.15, -0.1) is 0 Å². The van der Waals surface area contributed by atoms with Crippen molar-refractivity contribution in [1.82, 2.24) is 4.98 Å². The number of rotatable bonds is 5. The third-order valence-electron chi connectivity index (χ3n) is 4.04. The van der Waals surface area contributed by atoms with E-state index in [0.717, 1.165) is 6.26 Å². The molecule has 0 atom stereocenters. The van der Waals surface area contributed by atoms with Crippen LogP contribution in [0.3, 0.4) is 0 Å². The average Bonchev–Trinajstić information content (AvgIpc) is 3.29. The summed E-state index contributed by atoms with van der Waals surface area (Å²) in [5.74, 6) is -0.445. The van der Waals surface area contributed by atoms with Gasteiger partial charge < -0.3 is 9.84 Å². The predicted molar refractivity (Wildman–Crippen MR) is 87.5 cm³/mol. The average molecular weight is 387 g/mol. The zero-order valence-electron chi connectivity index (χ0n) is 13.7. The van der Waals surface area contributed by atoms with E-state index in [4.69, 9.17) is 4.74 Å². The lowest BCUT2D eigenvalue weighted by atomic mass is 10.0. The summed E-state index contributed by atoms with van der Waals surface area (Å²) in [6.07, 6.45) is -2.48. The van der Waals surface area contributed by atoms with Crippen molar-refractivity contribution < 1.29 is 31.4 Å². The molecule has 0 saturated heterocycles. The van der Waals surface area contributed by atoms with Crippen LogP contribution in [0.1, 0.15) is 18.4 Å². The first-order chi connectivity index (χ1) is 12.0. The molecular weight excluding hydrogens is 371 g/mol. The molecule has 1 saturated carbocycles. The molecular formula is C17H16F3NO4S. The number of nitrogens with zero attached hydrogens (tertiary/aromatic N) is 1. The van der Waals surface area contributed by atoms with E-state index in [0.29, 0.717) is 19.0 Å². The Bertz CT molecular complexity index is 923. The van der Waals surface area contributed by atoms with E-state index in [-0.39, 0.29) is 12.2 Å². The van der Waals surface area contributed by atoms with E-state index in [1.807, 2.05) is 0 Å². The van der Waals surface area contributed by atoms with Crippen molar-refractivity contribution in [2.75, 3.05) is 12.9 Å². The first kappa shape index (κ1) is 18.7. The Balaban J connectivity index is 2.25. The molecule has 1 N–H and O–H groups in total. The Morgan fingerprint density at radius 1 is 1.23 bits per heavy atom. The summed E-state index contributed by atoms with van der Waals surface area (Å²) in [5, 5.41) is 9.87. The van der Waals surface area contributed by atoms with Crippen LogP contribution in [0.2, 0.25) is 0 Å². The zero-order chi connectivity index (χ0) is 19.2. The largest absolute Gasteiger partial charge is 0.474 e. The van der Waals surface area contributed by atoms with Gasteiger partial charge in [0.05, 0.1) is 11.2 Å². The van der Waals surface area contributed by atoms with Gasteiger partial charge in [0.15, 0.2) is 9.84 Å². The maximum Gasteiger partial charge on any atom is 0.418 e. The lowest BCUT2D eigenvalue weighted by Crippen LogP contribution is -2.21. The first-order valence-corrected chi connectivity index (χ1v) is 9.61. The van der Waals surface area contributed by atoms with E-state index >= 15 is 0 Å². The summed E-state index contributed by atoms with van der Waals surface area (Å²) < 4.78 is 70.5. The van der Waals surface area contributed by atoms with Gasteiger partial charge in [-0.3, -0.25) is 0 Å². The molecule has 1 fully saturated rings. The van der Waals surface area contributed by atoms with Crippen LogP contribution in [0.25, 0.3) is 11.1 Å². The van der Waals surface area contributed by atoms with Gasteiger partial charge in [-0.1, -0.05) is 30.3 Å². The van der Waals surface area contributed by atoms with Crippen LogP contribution in [0.4, 0.5) is 13.2 Å². The third-order valence-corrected chi connectivity index (χ3v) is 5.17. The van der Waals surface area contributed by atoms with Crippen LogP contribution in [-0.4, -0.2) is 37.0 Å². The highest BCUT2D eigenvalue weighted by molar-refractivity contribution is 7.91. The second-order valence-corrected chi connectivity index (χ2v) is 8.28. The third kappa shape index (κ3) is 3.83. The lowest BCUT2D eigenvalue weighted by Gasteiger charge is -2.19. The highest BCUT2D eigenvalue weighted by Crippen LogP contribution is 2.44. The molecule has 0 amide bonds. The highest BCUT2D eigenvalue weighted by atomic mass is 32.2. The number of aliphatic hydroxyl groups is 1. The van der Waals surface area contributed by atoms with E-state index in [2.05, 4.69) is 4.98 Å². The monoisotopic (exact) mass is 387 g/mol. The Hall–Kier alpha value is -2.13. The lowest BCUT2D eigenvalue weighted by molar-refractivity contribution is -0.137. The van der Waals surface area contributed by atoms with Gasteiger partial charge in [-0.25, -0.2) is 13.4 Å². The number of alkyl halides is 3. The summed E-state index contributed by atoms with van der Waals surface area (Å²) in [4.78, 5) is 2.96. The van der Waals surface area contributed by atoms with E-state index < -0.39 is 43.5 Å². The summed E-state index contributed by atoms with van der Waals surface area (Å²) in [7, 11) is -4.11. The molecule has 2 aromatic rings. The molecule has 26 heavy (non-hydrogen) atoms. The minimum atomic E-state index is -4.80. The van der Waals surface area contributed by atoms with Crippen LogP contribution in [0.5, 0.6) is 5.88 Å². The molecule has 0 bridgehead atoms. The van der Waals surface area contributed by atoms with Crippen molar-refractivity contribution in [3.8, 4) is 17.0 Å². The van der Waals surface area contributed by atoms with Crippen molar-refractivity contribution in [2.45, 2.75) is 29.5 Å². The number of sulfone groups is 1. The van der Waals surface area contributed by atoms with Gasteiger partial charge in [0, 0.05) is 18.0 Å². The Kier molecular flexibility index (Phi) is 4.48. The molecule has 1 aromatic heterocycles. The number of benzene rings is 1. The molecule has 1 aliphatic carbocycles. The highest BCUT2D eigenvalue weighted by Gasteiger charge is 2.43. The van der Waals surface area contributed by atoms with E-state index in [1.165, 1.54) is 24.3 Å². The Morgan fingerprint density at radius 2 is 1.85 bits per heavy atom. The van der Waals surface area contributed by atoms with Gasteiger partial charge in [0.1, 0.15) is 11.5 Å². The van der Waals surface area contributed by atoms with Crippen LogP contribution in [-0.2, 0) is 16.0 Å². The van der Waals surface area contributed by atoms with Gasteiger partial charge in [-0.05, 0) is 18.4 Å². The van der Waals surface area contributed by atoms with Crippen molar-refractivity contribution in [3.63, 3.8) is 0 Å². The molecule has 0 spiro atoms. The topological polar surface area (TPSA) is 76.5 Å². The Morgan fingerprint density at radius 3 is 2.35 bits per heavy atom. The molecule has 1 aromatic carbocycles. The fraction of sp³-hybridized carbons (Fsp3) is 0.353. The number of aromatic nitrogens is 1. The van der Waals surface area contributed by atoms with Crippen LogP contribution in [0.15, 0.2) is 41.4 Å². The second-order valence-electron chi connectivity index (χ2n) is 6.33. The smallest absolute Gasteiger partial charge is 0.418 e. The fourth-order valence-electron chi connectivity index (χ4n) is 2.52. The minimum Gasteiger partial charge on any atom is -0.474 e. The molecule has 140 valence electrons. The van der Waals surface area contributed by atoms with Crippen LogP contribution >= 0.6 is 0 Å². The Labute approximate surface area is 148 Å². The molecule has 0 aliphatic heterocycles. The molecule has 0 radical (unpaired) electrons. The second kappa shape index (κ2) is 6.24. The van der Waals surface area contributed by atoms with E-state index in [9.17, 15) is 26.7 Å². The maximum absolute atomic E-state index is 13.5. The molecule has 1 heterocycles. The summed E-state index contributed by atoms with van der Waals surface area (Å²) in [6.45, 7) is -0.234. The summed E-state index contributed by atoms with van der Waals surface area (Å²) >= 11 is 0. The first-order valence-electron chi connectivity index (χ1n) is 7.72. The van der Waals surface area contributed by atoms with Crippen molar-refractivity contribution in [2.24, 2.45) is 0 Å². The number of hydrogen-bond acceptors (Lipinski definition) is 5. The van der Waals surface area contributed by atoms with Crippen LogP contribution in [0, 0.1) is 0 Å². The van der Waals surface area contributed by atoms with Crippen molar-refractivity contribution in [1.29, 1.82) is 0 Å². The van der Waals surface area contributed by atoms with Gasteiger partial charge in [-0.2, -0.15) is 13.2 Å². The summed E-state index contributed by atoms with van der Waals surface area (Å²) in [6, 6.07) is 7.40. The number of pyridine rings is 1. The molecule has 1 aliphatic rings. The van der Waals surface area contributed by atoms with Crippen LogP contribution < -0.4 is 4.74 Å². The maximum atomic E-state index is 13.5. The minimum absolute atomic E-state index is 0.0811. The van der Waals surface area contributed by atoms with Crippen molar-refractivity contribution >= 4 is 9.84 Å². The predicted octanol–water partition coefficient (Wildman–Crippen LogP) is 3.07. The molecule has 0 unspecified atom stereocenters. The number of ether oxygens (including phenoxy) is 1. The zero-order valence-corrected chi connectivity index (χ0v) is 14.6. The number of halogens is 3. The molecule has 9 heteroatoms. The standard InChI is InChI=1S/C17H16F3NO4S/c1-26(23,24)14-13(11-5-3-2-4-6-11)12(17(18,19)20)9-21-15(14)25-10-16(22)7-8-16/h2-6,9,22H,7-8,10H2,1H3. The normalized spacial score (nSPS) is 16.3. The van der Waals surface area contributed by atoms with Crippen molar-refractivity contribution in [3.05, 3.63) is 42.1 Å². The molecule has 5 nitrogen and oxygen atoms in total. The van der Waals surface area contributed by atoms with Gasteiger partial charge >= 0.3 is 6.18 Å². The quantitative estimate of drug-likeness (QED) is 0.853. The summed E-state index contributed by atoms with van der Waals surface area (Å²) in [5.41, 5.74) is -2.67. The van der Waals surface area contributed by atoms with E-state index in [1.54, 1.807) is 6.07 Å². The van der Waals surface area contributed by atoms with Gasteiger partial charge in [0.2, 0.25) is 5.88 Å². The number of hydrogen-bond donors (Lipinski definition) is 1. The SMILES string of the molecule is CS(=O)(=O)c1c(OCC2(O)CC2)ncc(C(F)(F)F)c1-c1ccccc1.